The number of carbonyl (C=O) groups excluding carboxylic acids is 3. The van der Waals surface area contributed by atoms with Crippen LogP contribution in [0.2, 0.25) is 0 Å². The van der Waals surface area contributed by atoms with E-state index in [2.05, 4.69) is 15.6 Å². The summed E-state index contributed by atoms with van der Waals surface area (Å²) in [4.78, 5) is 38.7. The Bertz CT molecular complexity index is 773. The molecule has 1 aromatic carbocycles. The van der Waals surface area contributed by atoms with Gasteiger partial charge in [0.2, 0.25) is 5.91 Å². The zero-order valence-corrected chi connectivity index (χ0v) is 15.2. The fraction of sp³-hybridized carbons (Fsp3) is 0.294. The standard InChI is InChI=1S/C17H19N3O5S/c1-18-14(21)8-19-15(22)9-25-16(23)7-12-10-26-17(20-12)11-3-5-13(24-2)6-4-11/h3-6,10H,7-9H2,1-2H3,(H,18,21)(H,19,22). The number of methoxy groups -OCH3 is 1. The van der Waals surface area contributed by atoms with Crippen LogP contribution in [-0.2, 0) is 25.5 Å². The Balaban J connectivity index is 1.81. The fourth-order valence-electron chi connectivity index (χ4n) is 1.92. The Morgan fingerprint density at radius 1 is 1.15 bits per heavy atom. The summed E-state index contributed by atoms with van der Waals surface area (Å²) in [5.41, 5.74) is 1.49. The van der Waals surface area contributed by atoms with E-state index in [4.69, 9.17) is 9.47 Å². The molecule has 2 amide bonds. The topological polar surface area (TPSA) is 107 Å². The number of hydrogen-bond donors (Lipinski definition) is 2. The monoisotopic (exact) mass is 377 g/mol. The average Bonchev–Trinajstić information content (AvgIpc) is 3.12. The molecule has 0 fully saturated rings. The van der Waals surface area contributed by atoms with E-state index >= 15 is 0 Å². The van der Waals surface area contributed by atoms with Crippen molar-refractivity contribution in [2.24, 2.45) is 0 Å². The molecule has 2 aromatic rings. The number of rotatable bonds is 8. The van der Waals surface area contributed by atoms with Crippen LogP contribution < -0.4 is 15.4 Å². The maximum Gasteiger partial charge on any atom is 0.312 e. The van der Waals surface area contributed by atoms with E-state index in [0.29, 0.717) is 5.69 Å². The van der Waals surface area contributed by atoms with E-state index in [1.54, 1.807) is 12.5 Å². The van der Waals surface area contributed by atoms with E-state index in [1.165, 1.54) is 18.4 Å². The number of ether oxygens (including phenoxy) is 2. The largest absolute Gasteiger partial charge is 0.497 e. The van der Waals surface area contributed by atoms with Gasteiger partial charge in [0.1, 0.15) is 10.8 Å². The van der Waals surface area contributed by atoms with Crippen molar-refractivity contribution in [2.75, 3.05) is 27.3 Å². The number of esters is 1. The average molecular weight is 377 g/mol. The molecule has 0 spiro atoms. The van der Waals surface area contributed by atoms with Gasteiger partial charge in [0.05, 0.1) is 25.8 Å². The second-order valence-electron chi connectivity index (χ2n) is 5.16. The summed E-state index contributed by atoms with van der Waals surface area (Å²) in [5.74, 6) is -0.687. The normalized spacial score (nSPS) is 10.1. The Hall–Kier alpha value is -2.94. The van der Waals surface area contributed by atoms with Crippen molar-refractivity contribution in [3.8, 4) is 16.3 Å². The van der Waals surface area contributed by atoms with Crippen LogP contribution in [0.15, 0.2) is 29.6 Å². The lowest BCUT2D eigenvalue weighted by Crippen LogP contribution is -2.37. The van der Waals surface area contributed by atoms with Gasteiger partial charge in [-0.1, -0.05) is 0 Å². The summed E-state index contributed by atoms with van der Waals surface area (Å²) in [5, 5.41) is 7.25. The molecule has 2 rings (SSSR count). The maximum absolute atomic E-state index is 11.8. The molecule has 0 aliphatic heterocycles. The zero-order valence-electron chi connectivity index (χ0n) is 14.4. The minimum atomic E-state index is -0.563. The molecule has 1 heterocycles. The van der Waals surface area contributed by atoms with Gasteiger partial charge in [0.25, 0.3) is 5.91 Å². The number of carbonyl (C=O) groups is 3. The summed E-state index contributed by atoms with van der Waals surface area (Å²) in [6.45, 7) is -0.602. The predicted molar refractivity (Wildman–Crippen MR) is 95.8 cm³/mol. The number of thiazole rings is 1. The first-order chi connectivity index (χ1) is 12.5. The molecule has 138 valence electrons. The zero-order chi connectivity index (χ0) is 18.9. The third-order valence-corrected chi connectivity index (χ3v) is 4.24. The highest BCUT2D eigenvalue weighted by Gasteiger charge is 2.12. The van der Waals surface area contributed by atoms with Gasteiger partial charge >= 0.3 is 5.97 Å². The number of hydrogen-bond acceptors (Lipinski definition) is 7. The Morgan fingerprint density at radius 3 is 2.54 bits per heavy atom. The number of aromatic nitrogens is 1. The van der Waals surface area contributed by atoms with E-state index in [9.17, 15) is 14.4 Å². The molecule has 8 nitrogen and oxygen atoms in total. The first-order valence-electron chi connectivity index (χ1n) is 7.73. The van der Waals surface area contributed by atoms with Crippen molar-refractivity contribution in [3.63, 3.8) is 0 Å². The molecule has 0 aliphatic carbocycles. The van der Waals surface area contributed by atoms with Gasteiger partial charge in [-0.15, -0.1) is 11.3 Å². The van der Waals surface area contributed by atoms with Crippen LogP contribution in [0.3, 0.4) is 0 Å². The second-order valence-corrected chi connectivity index (χ2v) is 6.02. The molecule has 1 aromatic heterocycles. The minimum Gasteiger partial charge on any atom is -0.497 e. The number of nitrogens with one attached hydrogen (secondary N) is 2. The fourth-order valence-corrected chi connectivity index (χ4v) is 2.74. The molecule has 0 bridgehead atoms. The summed E-state index contributed by atoms with van der Waals surface area (Å²) in [6.07, 6.45) is -0.0324. The molecule has 0 radical (unpaired) electrons. The van der Waals surface area contributed by atoms with Gasteiger partial charge < -0.3 is 20.1 Å². The molecule has 2 N–H and O–H groups in total. The van der Waals surface area contributed by atoms with E-state index in [-0.39, 0.29) is 18.9 Å². The van der Waals surface area contributed by atoms with Crippen molar-refractivity contribution in [1.82, 2.24) is 15.6 Å². The van der Waals surface area contributed by atoms with Crippen LogP contribution in [0.1, 0.15) is 5.69 Å². The van der Waals surface area contributed by atoms with Crippen LogP contribution in [0.4, 0.5) is 0 Å². The Labute approximate surface area is 154 Å². The van der Waals surface area contributed by atoms with Gasteiger partial charge in [-0.25, -0.2) is 4.98 Å². The summed E-state index contributed by atoms with van der Waals surface area (Å²) in [7, 11) is 3.06. The quantitative estimate of drug-likeness (QED) is 0.658. The lowest BCUT2D eigenvalue weighted by Gasteiger charge is -2.05. The van der Waals surface area contributed by atoms with Crippen molar-refractivity contribution < 1.29 is 23.9 Å². The minimum absolute atomic E-state index is 0.0324. The molecular weight excluding hydrogens is 358 g/mol. The Morgan fingerprint density at radius 2 is 1.88 bits per heavy atom. The highest BCUT2D eigenvalue weighted by Crippen LogP contribution is 2.25. The van der Waals surface area contributed by atoms with Gasteiger partial charge in [0.15, 0.2) is 6.61 Å². The number of amides is 2. The van der Waals surface area contributed by atoms with Crippen LogP contribution in [-0.4, -0.2) is 50.1 Å². The molecule has 0 saturated carbocycles. The third-order valence-electron chi connectivity index (χ3n) is 3.30. The predicted octanol–water partition coefficient (Wildman–Crippen LogP) is 0.767. The number of likely N-dealkylation sites (N-methyl/N-ethyl adjacent to an activating group) is 1. The molecule has 26 heavy (non-hydrogen) atoms. The second kappa shape index (κ2) is 9.52. The SMILES string of the molecule is CNC(=O)CNC(=O)COC(=O)Cc1csc(-c2ccc(OC)cc2)n1. The van der Waals surface area contributed by atoms with Crippen LogP contribution in [0.5, 0.6) is 5.75 Å². The highest BCUT2D eigenvalue weighted by atomic mass is 32.1. The molecular formula is C17H19N3O5S. The molecule has 0 saturated heterocycles. The van der Waals surface area contributed by atoms with Gasteiger partial charge in [0, 0.05) is 18.0 Å². The van der Waals surface area contributed by atoms with Gasteiger partial charge in [-0.2, -0.15) is 0 Å². The smallest absolute Gasteiger partial charge is 0.312 e. The van der Waals surface area contributed by atoms with Gasteiger partial charge in [-0.05, 0) is 24.3 Å². The highest BCUT2D eigenvalue weighted by molar-refractivity contribution is 7.13. The lowest BCUT2D eigenvalue weighted by molar-refractivity contribution is -0.148. The number of nitrogens with zero attached hydrogens (tertiary/aromatic N) is 1. The first kappa shape index (κ1) is 19.4. The molecule has 0 atom stereocenters. The lowest BCUT2D eigenvalue weighted by atomic mass is 10.2. The molecule has 0 unspecified atom stereocenters. The first-order valence-corrected chi connectivity index (χ1v) is 8.61. The van der Waals surface area contributed by atoms with Crippen LogP contribution in [0, 0.1) is 0 Å². The van der Waals surface area contributed by atoms with Crippen molar-refractivity contribution in [2.45, 2.75) is 6.42 Å². The van der Waals surface area contributed by atoms with Crippen molar-refractivity contribution in [3.05, 3.63) is 35.3 Å². The van der Waals surface area contributed by atoms with Gasteiger partial charge in [-0.3, -0.25) is 14.4 Å². The maximum atomic E-state index is 11.8. The van der Waals surface area contributed by atoms with E-state index in [0.717, 1.165) is 16.3 Å². The van der Waals surface area contributed by atoms with Crippen LogP contribution in [0.25, 0.3) is 10.6 Å². The number of benzene rings is 1. The van der Waals surface area contributed by atoms with Crippen LogP contribution >= 0.6 is 11.3 Å². The van der Waals surface area contributed by atoms with E-state index < -0.39 is 18.5 Å². The molecule has 9 heteroatoms. The summed E-state index contributed by atoms with van der Waals surface area (Å²) >= 11 is 1.41. The Kier molecular flexibility index (Phi) is 7.10. The van der Waals surface area contributed by atoms with Crippen molar-refractivity contribution in [1.29, 1.82) is 0 Å². The third kappa shape index (κ3) is 5.85. The van der Waals surface area contributed by atoms with Crippen molar-refractivity contribution >= 4 is 29.1 Å². The summed E-state index contributed by atoms with van der Waals surface area (Å²) in [6, 6.07) is 7.44. The molecule has 0 aliphatic rings. The van der Waals surface area contributed by atoms with E-state index in [1.807, 2.05) is 24.3 Å². The summed E-state index contributed by atoms with van der Waals surface area (Å²) < 4.78 is 10.00.